The van der Waals surface area contributed by atoms with Crippen LogP contribution in [0.15, 0.2) is 0 Å². The van der Waals surface area contributed by atoms with Crippen molar-refractivity contribution in [2.75, 3.05) is 32.7 Å². The Morgan fingerprint density at radius 1 is 1.12 bits per heavy atom. The molecule has 1 unspecified atom stereocenters. The van der Waals surface area contributed by atoms with Crippen LogP contribution in [0.2, 0.25) is 0 Å². The first kappa shape index (κ1) is 11.9. The Kier molecular flexibility index (Phi) is 4.18. The monoisotopic (exact) mass is 225 g/mol. The van der Waals surface area contributed by atoms with Crippen LogP contribution in [0.3, 0.4) is 0 Å². The Hall–Kier alpha value is -0.610. The molecule has 16 heavy (non-hydrogen) atoms. The van der Waals surface area contributed by atoms with Crippen molar-refractivity contribution in [1.29, 1.82) is 0 Å². The van der Waals surface area contributed by atoms with Gasteiger partial charge in [0.05, 0.1) is 6.04 Å². The molecule has 1 atom stereocenters. The second-order valence-corrected chi connectivity index (χ2v) is 4.98. The Labute approximate surface area is 97.8 Å². The lowest BCUT2D eigenvalue weighted by molar-refractivity contribution is -0.135. The van der Waals surface area contributed by atoms with E-state index >= 15 is 0 Å². The molecule has 4 heteroatoms. The van der Waals surface area contributed by atoms with Gasteiger partial charge in [0.25, 0.3) is 0 Å². The van der Waals surface area contributed by atoms with Crippen molar-refractivity contribution in [2.24, 2.45) is 5.73 Å². The minimum atomic E-state index is -0.236. The number of amides is 1. The Morgan fingerprint density at radius 2 is 1.88 bits per heavy atom. The fraction of sp³-hybridized carbons (Fsp3) is 0.917. The summed E-state index contributed by atoms with van der Waals surface area (Å²) in [5.74, 6) is 0.160. The number of hydrogen-bond acceptors (Lipinski definition) is 3. The Balaban J connectivity index is 1.66. The van der Waals surface area contributed by atoms with Crippen LogP contribution in [0.5, 0.6) is 0 Å². The van der Waals surface area contributed by atoms with Gasteiger partial charge in [0.2, 0.25) is 5.91 Å². The molecule has 2 rings (SSSR count). The minimum Gasteiger partial charge on any atom is -0.341 e. The molecule has 0 aromatic carbocycles. The highest BCUT2D eigenvalue weighted by atomic mass is 16.2. The van der Waals surface area contributed by atoms with Crippen molar-refractivity contribution in [3.8, 4) is 0 Å². The first-order valence-corrected chi connectivity index (χ1v) is 6.54. The summed E-state index contributed by atoms with van der Waals surface area (Å²) in [6.45, 7) is 5.43. The summed E-state index contributed by atoms with van der Waals surface area (Å²) in [7, 11) is 0. The molecule has 0 aromatic rings. The van der Waals surface area contributed by atoms with Gasteiger partial charge in [0.15, 0.2) is 0 Å². The fourth-order valence-electron chi connectivity index (χ4n) is 2.68. The Morgan fingerprint density at radius 3 is 2.62 bits per heavy atom. The first-order chi connectivity index (χ1) is 7.77. The predicted molar refractivity (Wildman–Crippen MR) is 64.1 cm³/mol. The highest BCUT2D eigenvalue weighted by Crippen LogP contribution is 2.12. The number of rotatable bonds is 4. The van der Waals surface area contributed by atoms with Gasteiger partial charge < -0.3 is 15.5 Å². The van der Waals surface area contributed by atoms with Crippen molar-refractivity contribution in [3.63, 3.8) is 0 Å². The molecule has 2 N–H and O–H groups in total. The topological polar surface area (TPSA) is 49.6 Å². The van der Waals surface area contributed by atoms with E-state index in [4.69, 9.17) is 5.73 Å². The standard InChI is InChI=1S/C12H23N3O/c13-11-5-3-9-15(12(11)16)10-4-8-14-6-1-2-7-14/h11H,1-10,13H2. The molecule has 1 amide bonds. The van der Waals surface area contributed by atoms with E-state index in [0.717, 1.165) is 38.9 Å². The molecule has 0 aromatic heterocycles. The second kappa shape index (κ2) is 5.64. The number of hydrogen-bond donors (Lipinski definition) is 1. The van der Waals surface area contributed by atoms with Gasteiger partial charge in [-0.1, -0.05) is 0 Å². The van der Waals surface area contributed by atoms with Gasteiger partial charge in [-0.15, -0.1) is 0 Å². The van der Waals surface area contributed by atoms with E-state index in [1.165, 1.54) is 25.9 Å². The van der Waals surface area contributed by atoms with Crippen LogP contribution in [0.25, 0.3) is 0 Å². The van der Waals surface area contributed by atoms with Crippen LogP contribution < -0.4 is 5.73 Å². The predicted octanol–water partition coefficient (Wildman–Crippen LogP) is 0.422. The minimum absolute atomic E-state index is 0.160. The zero-order valence-corrected chi connectivity index (χ0v) is 10.0. The molecule has 0 saturated carbocycles. The van der Waals surface area contributed by atoms with Crippen LogP contribution in [-0.4, -0.2) is 54.5 Å². The maximum atomic E-state index is 11.7. The average Bonchev–Trinajstić information content (AvgIpc) is 2.77. The molecule has 0 radical (unpaired) electrons. The lowest BCUT2D eigenvalue weighted by Crippen LogP contribution is -2.48. The lowest BCUT2D eigenvalue weighted by atomic mass is 10.1. The summed E-state index contributed by atoms with van der Waals surface area (Å²) in [6.07, 6.45) is 5.71. The van der Waals surface area contributed by atoms with Gasteiger partial charge in [-0.2, -0.15) is 0 Å². The van der Waals surface area contributed by atoms with E-state index in [-0.39, 0.29) is 11.9 Å². The molecule has 92 valence electrons. The quantitative estimate of drug-likeness (QED) is 0.754. The van der Waals surface area contributed by atoms with Crippen molar-refractivity contribution < 1.29 is 4.79 Å². The smallest absolute Gasteiger partial charge is 0.239 e. The van der Waals surface area contributed by atoms with Crippen LogP contribution in [-0.2, 0) is 4.79 Å². The van der Waals surface area contributed by atoms with Gasteiger partial charge in [0, 0.05) is 13.1 Å². The maximum absolute atomic E-state index is 11.7. The summed E-state index contributed by atoms with van der Waals surface area (Å²) in [5.41, 5.74) is 5.76. The van der Waals surface area contributed by atoms with E-state index < -0.39 is 0 Å². The second-order valence-electron chi connectivity index (χ2n) is 4.98. The number of carbonyl (C=O) groups excluding carboxylic acids is 1. The van der Waals surface area contributed by atoms with Crippen molar-refractivity contribution in [3.05, 3.63) is 0 Å². The van der Waals surface area contributed by atoms with E-state index in [9.17, 15) is 4.79 Å². The molecule has 2 fully saturated rings. The van der Waals surface area contributed by atoms with Crippen LogP contribution in [0, 0.1) is 0 Å². The van der Waals surface area contributed by atoms with Crippen LogP contribution in [0.1, 0.15) is 32.1 Å². The first-order valence-electron chi connectivity index (χ1n) is 6.54. The third kappa shape index (κ3) is 2.95. The number of piperidine rings is 1. The van der Waals surface area contributed by atoms with Gasteiger partial charge in [-0.05, 0) is 51.7 Å². The van der Waals surface area contributed by atoms with Gasteiger partial charge in [-0.3, -0.25) is 4.79 Å². The molecule has 2 aliphatic heterocycles. The molecule has 2 heterocycles. The van der Waals surface area contributed by atoms with Crippen LogP contribution >= 0.6 is 0 Å². The molecular weight excluding hydrogens is 202 g/mol. The molecule has 4 nitrogen and oxygen atoms in total. The molecular formula is C12H23N3O. The number of nitrogens with two attached hydrogens (primary N) is 1. The van der Waals surface area contributed by atoms with E-state index in [2.05, 4.69) is 4.90 Å². The van der Waals surface area contributed by atoms with Gasteiger partial charge in [-0.25, -0.2) is 0 Å². The third-order valence-electron chi connectivity index (χ3n) is 3.67. The number of carbonyl (C=O) groups is 1. The SMILES string of the molecule is NC1CCCN(CCCN2CCCC2)C1=O. The van der Waals surface area contributed by atoms with Crippen LogP contribution in [0.4, 0.5) is 0 Å². The highest BCUT2D eigenvalue weighted by molar-refractivity contribution is 5.82. The zero-order valence-electron chi connectivity index (χ0n) is 10.0. The highest BCUT2D eigenvalue weighted by Gasteiger charge is 2.25. The molecule has 0 bridgehead atoms. The summed E-state index contributed by atoms with van der Waals surface area (Å²) in [5, 5.41) is 0. The van der Waals surface area contributed by atoms with E-state index in [1.54, 1.807) is 0 Å². The third-order valence-corrected chi connectivity index (χ3v) is 3.67. The largest absolute Gasteiger partial charge is 0.341 e. The molecule has 0 spiro atoms. The zero-order chi connectivity index (χ0) is 11.4. The average molecular weight is 225 g/mol. The molecule has 2 aliphatic rings. The molecule has 0 aliphatic carbocycles. The summed E-state index contributed by atoms with van der Waals surface area (Å²) in [6, 6.07) is -0.236. The Bertz CT molecular complexity index is 238. The number of likely N-dealkylation sites (tertiary alicyclic amines) is 2. The summed E-state index contributed by atoms with van der Waals surface area (Å²) >= 11 is 0. The number of nitrogens with zero attached hydrogens (tertiary/aromatic N) is 2. The van der Waals surface area contributed by atoms with E-state index in [0.29, 0.717) is 0 Å². The maximum Gasteiger partial charge on any atom is 0.239 e. The normalized spacial score (nSPS) is 27.7. The fourth-order valence-corrected chi connectivity index (χ4v) is 2.68. The van der Waals surface area contributed by atoms with Gasteiger partial charge in [0.1, 0.15) is 0 Å². The summed E-state index contributed by atoms with van der Waals surface area (Å²) < 4.78 is 0. The van der Waals surface area contributed by atoms with Crippen molar-refractivity contribution in [1.82, 2.24) is 9.80 Å². The lowest BCUT2D eigenvalue weighted by Gasteiger charge is -2.30. The van der Waals surface area contributed by atoms with Crippen molar-refractivity contribution >= 4 is 5.91 Å². The summed E-state index contributed by atoms with van der Waals surface area (Å²) in [4.78, 5) is 16.2. The van der Waals surface area contributed by atoms with Gasteiger partial charge >= 0.3 is 0 Å². The van der Waals surface area contributed by atoms with E-state index in [1.807, 2.05) is 4.90 Å². The van der Waals surface area contributed by atoms with Crippen molar-refractivity contribution in [2.45, 2.75) is 38.1 Å². The molecule has 2 saturated heterocycles.